The van der Waals surface area contributed by atoms with Crippen molar-refractivity contribution in [3.63, 3.8) is 0 Å². The zero-order valence-electron chi connectivity index (χ0n) is 8.84. The van der Waals surface area contributed by atoms with Crippen molar-refractivity contribution in [2.75, 3.05) is 0 Å². The summed E-state index contributed by atoms with van der Waals surface area (Å²) in [7, 11) is -3.98. The minimum Gasteiger partial charge on any atom is -0.285 e. The molecule has 0 saturated heterocycles. The third-order valence-corrected chi connectivity index (χ3v) is 3.25. The lowest BCUT2D eigenvalue weighted by Crippen LogP contribution is -2.02. The van der Waals surface area contributed by atoms with Crippen molar-refractivity contribution in [1.29, 1.82) is 0 Å². The van der Waals surface area contributed by atoms with Crippen molar-refractivity contribution in [3.05, 3.63) is 47.5 Å². The Balaban J connectivity index is 2.68. The van der Waals surface area contributed by atoms with Gasteiger partial charge in [0.1, 0.15) is 5.75 Å². The van der Waals surface area contributed by atoms with Crippen molar-refractivity contribution in [3.8, 4) is 0 Å². The molecule has 4 heteroatoms. The monoisotopic (exact) mass is 236 g/mol. The van der Waals surface area contributed by atoms with Gasteiger partial charge in [-0.2, -0.15) is 8.42 Å². The molecule has 2 aromatic rings. The fourth-order valence-corrected chi connectivity index (χ4v) is 2.48. The second-order valence-electron chi connectivity index (χ2n) is 3.81. The summed E-state index contributed by atoms with van der Waals surface area (Å²) in [6.45, 7) is 1.97. The summed E-state index contributed by atoms with van der Waals surface area (Å²) in [6, 6.07) is 11.2. The Kier molecular flexibility index (Phi) is 2.69. The molecule has 0 radical (unpaired) electrons. The van der Waals surface area contributed by atoms with Crippen LogP contribution in [0.25, 0.3) is 10.8 Å². The van der Waals surface area contributed by atoms with Gasteiger partial charge < -0.3 is 0 Å². The molecule has 0 fully saturated rings. The van der Waals surface area contributed by atoms with Crippen LogP contribution in [0, 0.1) is 6.92 Å². The number of fused-ring (bicyclic) bond motifs is 1. The third-order valence-electron chi connectivity index (χ3n) is 2.57. The molecule has 0 unspecified atom stereocenters. The van der Waals surface area contributed by atoms with Crippen molar-refractivity contribution >= 4 is 20.9 Å². The largest absolute Gasteiger partial charge is 0.285 e. The SMILES string of the molecule is Cc1ccc(CS(=O)(=O)O)c2ccccc12. The van der Waals surface area contributed by atoms with Gasteiger partial charge in [0.25, 0.3) is 10.1 Å². The molecule has 84 valence electrons. The van der Waals surface area contributed by atoms with Gasteiger partial charge in [-0.25, -0.2) is 0 Å². The van der Waals surface area contributed by atoms with E-state index < -0.39 is 10.1 Å². The Morgan fingerprint density at radius 2 is 1.69 bits per heavy atom. The zero-order valence-corrected chi connectivity index (χ0v) is 9.66. The van der Waals surface area contributed by atoms with Crippen LogP contribution in [0.4, 0.5) is 0 Å². The van der Waals surface area contributed by atoms with E-state index in [0.717, 1.165) is 16.3 Å². The number of rotatable bonds is 2. The Morgan fingerprint density at radius 3 is 2.31 bits per heavy atom. The summed E-state index contributed by atoms with van der Waals surface area (Å²) in [4.78, 5) is 0. The Labute approximate surface area is 94.5 Å². The lowest BCUT2D eigenvalue weighted by molar-refractivity contribution is 0.482. The molecule has 3 nitrogen and oxygen atoms in total. The standard InChI is InChI=1S/C12H12O3S/c1-9-6-7-10(8-16(13,14)15)12-5-3-2-4-11(9)12/h2-7H,8H2,1H3,(H,13,14,15). The van der Waals surface area contributed by atoms with E-state index >= 15 is 0 Å². The van der Waals surface area contributed by atoms with Crippen molar-refractivity contribution in [2.45, 2.75) is 12.7 Å². The van der Waals surface area contributed by atoms with Crippen LogP contribution >= 0.6 is 0 Å². The maximum absolute atomic E-state index is 10.9. The predicted molar refractivity (Wildman–Crippen MR) is 63.9 cm³/mol. The van der Waals surface area contributed by atoms with Gasteiger partial charge in [0.15, 0.2) is 0 Å². The number of benzene rings is 2. The van der Waals surface area contributed by atoms with Crippen LogP contribution in [-0.2, 0) is 15.9 Å². The summed E-state index contributed by atoms with van der Waals surface area (Å²) < 4.78 is 30.6. The molecule has 1 N–H and O–H groups in total. The van der Waals surface area contributed by atoms with Gasteiger partial charge in [-0.15, -0.1) is 0 Å². The first-order valence-corrected chi connectivity index (χ1v) is 6.51. The van der Waals surface area contributed by atoms with E-state index in [9.17, 15) is 8.42 Å². The third kappa shape index (κ3) is 2.23. The van der Waals surface area contributed by atoms with E-state index in [-0.39, 0.29) is 5.75 Å². The molecule has 2 aromatic carbocycles. The minimum absolute atomic E-state index is 0.339. The van der Waals surface area contributed by atoms with Gasteiger partial charge in [0.2, 0.25) is 0 Å². The molecule has 0 aliphatic carbocycles. The molecule has 0 saturated carbocycles. The second kappa shape index (κ2) is 3.88. The maximum atomic E-state index is 10.9. The Hall–Kier alpha value is -1.39. The zero-order chi connectivity index (χ0) is 11.8. The molecule has 0 heterocycles. The fraction of sp³-hybridized carbons (Fsp3) is 0.167. The van der Waals surface area contributed by atoms with Crippen LogP contribution in [-0.4, -0.2) is 13.0 Å². The van der Waals surface area contributed by atoms with Crippen LogP contribution in [0.15, 0.2) is 36.4 Å². The lowest BCUT2D eigenvalue weighted by Gasteiger charge is -2.07. The molecule has 0 atom stereocenters. The summed E-state index contributed by atoms with van der Waals surface area (Å²) in [6.07, 6.45) is 0. The first-order chi connectivity index (χ1) is 7.47. The summed E-state index contributed by atoms with van der Waals surface area (Å²) in [5.74, 6) is -0.339. The number of hydrogen-bond acceptors (Lipinski definition) is 2. The van der Waals surface area contributed by atoms with E-state index in [1.165, 1.54) is 0 Å². The highest BCUT2D eigenvalue weighted by Gasteiger charge is 2.10. The quantitative estimate of drug-likeness (QED) is 0.815. The van der Waals surface area contributed by atoms with Crippen LogP contribution in [0.2, 0.25) is 0 Å². The highest BCUT2D eigenvalue weighted by molar-refractivity contribution is 7.85. The second-order valence-corrected chi connectivity index (χ2v) is 5.27. The smallest absolute Gasteiger partial charge is 0.269 e. The number of hydrogen-bond donors (Lipinski definition) is 1. The van der Waals surface area contributed by atoms with Gasteiger partial charge in [0, 0.05) is 0 Å². The van der Waals surface area contributed by atoms with E-state index in [1.807, 2.05) is 37.3 Å². The number of aryl methyl sites for hydroxylation is 1. The highest BCUT2D eigenvalue weighted by Crippen LogP contribution is 2.23. The molecular weight excluding hydrogens is 224 g/mol. The van der Waals surface area contributed by atoms with E-state index in [4.69, 9.17) is 4.55 Å². The van der Waals surface area contributed by atoms with E-state index in [0.29, 0.717) is 5.56 Å². The van der Waals surface area contributed by atoms with Gasteiger partial charge >= 0.3 is 0 Å². The first-order valence-electron chi connectivity index (χ1n) is 4.90. The highest BCUT2D eigenvalue weighted by atomic mass is 32.2. The molecule has 0 bridgehead atoms. The van der Waals surface area contributed by atoms with Crippen molar-refractivity contribution in [1.82, 2.24) is 0 Å². The van der Waals surface area contributed by atoms with E-state index in [1.54, 1.807) is 6.07 Å². The van der Waals surface area contributed by atoms with Gasteiger partial charge in [-0.3, -0.25) is 4.55 Å². The van der Waals surface area contributed by atoms with Crippen LogP contribution < -0.4 is 0 Å². The summed E-state index contributed by atoms with van der Waals surface area (Å²) in [5.41, 5.74) is 1.72. The predicted octanol–water partition coefficient (Wildman–Crippen LogP) is 2.54. The Morgan fingerprint density at radius 1 is 1.06 bits per heavy atom. The van der Waals surface area contributed by atoms with Crippen LogP contribution in [0.1, 0.15) is 11.1 Å². The van der Waals surface area contributed by atoms with Gasteiger partial charge in [-0.1, -0.05) is 36.4 Å². The van der Waals surface area contributed by atoms with Crippen molar-refractivity contribution < 1.29 is 13.0 Å². The Bertz CT molecular complexity index is 630. The van der Waals surface area contributed by atoms with Crippen molar-refractivity contribution in [2.24, 2.45) is 0 Å². The van der Waals surface area contributed by atoms with E-state index in [2.05, 4.69) is 0 Å². The molecule has 0 spiro atoms. The average Bonchev–Trinajstić information content (AvgIpc) is 2.21. The molecule has 0 aliphatic heterocycles. The normalized spacial score (nSPS) is 11.9. The average molecular weight is 236 g/mol. The minimum atomic E-state index is -3.98. The maximum Gasteiger partial charge on any atom is 0.269 e. The summed E-state index contributed by atoms with van der Waals surface area (Å²) >= 11 is 0. The molecule has 0 aromatic heterocycles. The van der Waals surface area contributed by atoms with Crippen LogP contribution in [0.5, 0.6) is 0 Å². The molecule has 16 heavy (non-hydrogen) atoms. The molecular formula is C12H12O3S. The first kappa shape index (κ1) is 11.1. The molecule has 0 aliphatic rings. The lowest BCUT2D eigenvalue weighted by atomic mass is 10.0. The fourth-order valence-electron chi connectivity index (χ4n) is 1.83. The molecule has 2 rings (SSSR count). The summed E-state index contributed by atoms with van der Waals surface area (Å²) in [5, 5.41) is 1.89. The van der Waals surface area contributed by atoms with Gasteiger partial charge in [-0.05, 0) is 28.8 Å². The topological polar surface area (TPSA) is 54.4 Å². The molecule has 0 amide bonds. The van der Waals surface area contributed by atoms with Gasteiger partial charge in [0.05, 0.1) is 0 Å². The van der Waals surface area contributed by atoms with Crippen LogP contribution in [0.3, 0.4) is 0 Å².